The molecule has 38 heavy (non-hydrogen) atoms. The van der Waals surface area contributed by atoms with Crippen LogP contribution < -0.4 is 15.0 Å². The maximum Gasteiger partial charge on any atom is 0.573 e. The number of benzene rings is 2. The van der Waals surface area contributed by atoms with Gasteiger partial charge in [0.05, 0.1) is 16.9 Å². The molecule has 1 amide bonds. The molecule has 4 aromatic rings. The summed E-state index contributed by atoms with van der Waals surface area (Å²) in [5.74, 6) is 0.121. The standard InChI is InChI=1S/C26H24ClF3N6O2/c1-17(25(37)35-14-12-34(13-15-35)21-5-3-2-4-20(21)27)32-24-23(33-22-16-31-10-11-36(22)24)18-6-8-19(9-7-18)38-26(28,29)30/h2-11,16-17,32H,12-15H2,1H3. The molecule has 2 aromatic heterocycles. The Bertz CT molecular complexity index is 1440. The van der Waals surface area contributed by atoms with Crippen molar-refractivity contribution in [2.75, 3.05) is 36.4 Å². The summed E-state index contributed by atoms with van der Waals surface area (Å²) in [4.78, 5) is 26.0. The van der Waals surface area contributed by atoms with Crippen LogP contribution in [0.15, 0.2) is 67.1 Å². The average molecular weight is 545 g/mol. The number of piperazine rings is 1. The maximum atomic E-state index is 13.3. The molecule has 0 spiro atoms. The molecule has 5 rings (SSSR count). The van der Waals surface area contributed by atoms with Gasteiger partial charge in [-0.15, -0.1) is 13.2 Å². The Morgan fingerprint density at radius 2 is 1.79 bits per heavy atom. The fraction of sp³-hybridized carbons (Fsp3) is 0.269. The van der Waals surface area contributed by atoms with Crippen molar-refractivity contribution in [3.05, 3.63) is 72.1 Å². The van der Waals surface area contributed by atoms with Crippen LogP contribution in [0, 0.1) is 0 Å². The van der Waals surface area contributed by atoms with Crippen LogP contribution >= 0.6 is 11.6 Å². The quantitative estimate of drug-likeness (QED) is 0.364. The Morgan fingerprint density at radius 1 is 1.08 bits per heavy atom. The van der Waals surface area contributed by atoms with E-state index in [2.05, 4.69) is 24.9 Å². The minimum absolute atomic E-state index is 0.0762. The summed E-state index contributed by atoms with van der Waals surface area (Å²) in [5, 5.41) is 3.95. The lowest BCUT2D eigenvalue weighted by molar-refractivity contribution is -0.274. The third kappa shape index (κ3) is 5.47. The molecule has 0 radical (unpaired) electrons. The molecule has 1 aliphatic rings. The highest BCUT2D eigenvalue weighted by atomic mass is 35.5. The number of imidazole rings is 1. The van der Waals surface area contributed by atoms with Gasteiger partial charge in [-0.1, -0.05) is 23.7 Å². The number of amides is 1. The van der Waals surface area contributed by atoms with Crippen LogP contribution in [0.3, 0.4) is 0 Å². The van der Waals surface area contributed by atoms with E-state index >= 15 is 0 Å². The topological polar surface area (TPSA) is 75.0 Å². The lowest BCUT2D eigenvalue weighted by Gasteiger charge is -2.37. The van der Waals surface area contributed by atoms with Crippen molar-refractivity contribution >= 4 is 34.7 Å². The number of carbonyl (C=O) groups is 1. The summed E-state index contributed by atoms with van der Waals surface area (Å²) < 4.78 is 43.4. The summed E-state index contributed by atoms with van der Waals surface area (Å²) >= 11 is 6.33. The van der Waals surface area contributed by atoms with Crippen molar-refractivity contribution in [2.24, 2.45) is 0 Å². The van der Waals surface area contributed by atoms with E-state index in [1.54, 1.807) is 34.8 Å². The van der Waals surface area contributed by atoms with Gasteiger partial charge in [0.2, 0.25) is 5.91 Å². The van der Waals surface area contributed by atoms with Crippen LogP contribution in [0.4, 0.5) is 24.7 Å². The third-order valence-corrected chi connectivity index (χ3v) is 6.62. The van der Waals surface area contributed by atoms with Gasteiger partial charge in [-0.2, -0.15) is 0 Å². The number of hydrogen-bond acceptors (Lipinski definition) is 6. The number of nitrogens with one attached hydrogen (secondary N) is 1. The molecule has 1 N–H and O–H groups in total. The Balaban J connectivity index is 1.33. The molecule has 0 aliphatic carbocycles. The first-order valence-corrected chi connectivity index (χ1v) is 12.3. The van der Waals surface area contributed by atoms with E-state index in [-0.39, 0.29) is 11.7 Å². The number of carbonyl (C=O) groups excluding carboxylic acids is 1. The number of hydrogen-bond donors (Lipinski definition) is 1. The smallest absolute Gasteiger partial charge is 0.406 e. The lowest BCUT2D eigenvalue weighted by Crippen LogP contribution is -2.52. The molecule has 1 atom stereocenters. The molecular weight excluding hydrogens is 521 g/mol. The fourth-order valence-corrected chi connectivity index (χ4v) is 4.73. The fourth-order valence-electron chi connectivity index (χ4n) is 4.48. The van der Waals surface area contributed by atoms with Crippen LogP contribution in [-0.2, 0) is 4.79 Å². The summed E-state index contributed by atoms with van der Waals surface area (Å²) in [6.07, 6.45) is 0.0764. The normalized spacial score (nSPS) is 15.0. The lowest BCUT2D eigenvalue weighted by atomic mass is 10.1. The first-order valence-electron chi connectivity index (χ1n) is 11.9. The van der Waals surface area contributed by atoms with E-state index in [0.29, 0.717) is 53.9 Å². The highest BCUT2D eigenvalue weighted by molar-refractivity contribution is 6.33. The van der Waals surface area contributed by atoms with Gasteiger partial charge in [0, 0.05) is 44.1 Å². The van der Waals surface area contributed by atoms with E-state index < -0.39 is 12.4 Å². The number of anilines is 2. The van der Waals surface area contributed by atoms with Crippen molar-refractivity contribution in [1.82, 2.24) is 19.3 Å². The summed E-state index contributed by atoms with van der Waals surface area (Å²) in [6.45, 7) is 4.16. The number of rotatable bonds is 6. The first kappa shape index (κ1) is 25.7. The minimum Gasteiger partial charge on any atom is -0.406 e. The first-order chi connectivity index (χ1) is 18.2. The molecule has 1 unspecified atom stereocenters. The second-order valence-electron chi connectivity index (χ2n) is 8.82. The molecular formula is C26H24ClF3N6O2. The number of aromatic nitrogens is 3. The van der Waals surface area contributed by atoms with E-state index in [9.17, 15) is 18.0 Å². The van der Waals surface area contributed by atoms with Crippen molar-refractivity contribution < 1.29 is 22.7 Å². The van der Waals surface area contributed by atoms with Crippen LogP contribution in [0.2, 0.25) is 5.02 Å². The van der Waals surface area contributed by atoms with E-state index in [0.717, 1.165) is 5.69 Å². The number of para-hydroxylation sites is 1. The zero-order valence-corrected chi connectivity index (χ0v) is 21.1. The SMILES string of the molecule is CC(Nc1c(-c2ccc(OC(F)(F)F)cc2)nc2cnccn12)C(=O)N1CCN(c2ccccc2Cl)CC1. The van der Waals surface area contributed by atoms with Gasteiger partial charge in [-0.25, -0.2) is 4.98 Å². The highest BCUT2D eigenvalue weighted by Gasteiger charge is 2.31. The predicted octanol–water partition coefficient (Wildman–Crippen LogP) is 5.10. The summed E-state index contributed by atoms with van der Waals surface area (Å²) in [5.41, 5.74) is 2.50. The summed E-state index contributed by atoms with van der Waals surface area (Å²) in [6, 6.07) is 12.5. The molecule has 3 heterocycles. The van der Waals surface area contributed by atoms with Crippen LogP contribution in [0.25, 0.3) is 16.9 Å². The molecule has 2 aromatic carbocycles. The van der Waals surface area contributed by atoms with E-state index in [1.165, 1.54) is 24.3 Å². The second-order valence-corrected chi connectivity index (χ2v) is 9.22. The molecule has 1 saturated heterocycles. The van der Waals surface area contributed by atoms with Crippen molar-refractivity contribution in [2.45, 2.75) is 19.3 Å². The Kier molecular flexibility index (Phi) is 7.02. The largest absolute Gasteiger partial charge is 0.573 e. The van der Waals surface area contributed by atoms with Gasteiger partial charge in [-0.05, 0) is 43.3 Å². The third-order valence-electron chi connectivity index (χ3n) is 6.30. The van der Waals surface area contributed by atoms with Gasteiger partial charge in [0.15, 0.2) is 5.65 Å². The van der Waals surface area contributed by atoms with Gasteiger partial charge in [0.25, 0.3) is 0 Å². The minimum atomic E-state index is -4.78. The van der Waals surface area contributed by atoms with E-state index in [1.807, 2.05) is 24.3 Å². The van der Waals surface area contributed by atoms with Gasteiger partial charge in [0.1, 0.15) is 23.3 Å². The number of alkyl halides is 3. The number of nitrogens with zero attached hydrogens (tertiary/aromatic N) is 5. The zero-order valence-electron chi connectivity index (χ0n) is 20.3. The molecule has 0 bridgehead atoms. The predicted molar refractivity (Wildman–Crippen MR) is 138 cm³/mol. The highest BCUT2D eigenvalue weighted by Crippen LogP contribution is 2.32. The number of ether oxygens (including phenoxy) is 1. The van der Waals surface area contributed by atoms with Gasteiger partial charge in [-0.3, -0.25) is 14.2 Å². The van der Waals surface area contributed by atoms with Gasteiger partial charge < -0.3 is 19.9 Å². The zero-order chi connectivity index (χ0) is 26.9. The maximum absolute atomic E-state index is 13.3. The second kappa shape index (κ2) is 10.4. The average Bonchev–Trinajstić information content (AvgIpc) is 3.26. The number of halogens is 4. The van der Waals surface area contributed by atoms with Crippen LogP contribution in [-0.4, -0.2) is 63.8 Å². The molecule has 1 aliphatic heterocycles. The molecule has 198 valence electrons. The molecule has 8 nitrogen and oxygen atoms in total. The number of fused-ring (bicyclic) bond motifs is 1. The van der Waals surface area contributed by atoms with E-state index in [4.69, 9.17) is 11.6 Å². The van der Waals surface area contributed by atoms with Crippen LogP contribution in [0.5, 0.6) is 5.75 Å². The van der Waals surface area contributed by atoms with Gasteiger partial charge >= 0.3 is 6.36 Å². The molecule has 0 saturated carbocycles. The monoisotopic (exact) mass is 544 g/mol. The Hall–Kier alpha value is -3.99. The Labute approximate surface area is 221 Å². The van der Waals surface area contributed by atoms with Crippen LogP contribution in [0.1, 0.15) is 6.92 Å². The molecule has 12 heteroatoms. The van der Waals surface area contributed by atoms with Crippen molar-refractivity contribution in [3.8, 4) is 17.0 Å². The van der Waals surface area contributed by atoms with Crippen molar-refractivity contribution in [1.29, 1.82) is 0 Å². The molecule has 1 fully saturated rings. The Morgan fingerprint density at radius 3 is 2.47 bits per heavy atom. The summed E-state index contributed by atoms with van der Waals surface area (Å²) in [7, 11) is 0. The van der Waals surface area contributed by atoms with Crippen molar-refractivity contribution in [3.63, 3.8) is 0 Å².